The van der Waals surface area contributed by atoms with Gasteiger partial charge >= 0.3 is 0 Å². The van der Waals surface area contributed by atoms with E-state index in [4.69, 9.17) is 16.3 Å². The third-order valence-electron chi connectivity index (χ3n) is 7.53. The Balaban J connectivity index is 1.29. The quantitative estimate of drug-likeness (QED) is 0.255. The van der Waals surface area contributed by atoms with Crippen LogP contribution in [0.3, 0.4) is 0 Å². The number of aliphatic hydroxyl groups excluding tert-OH is 1. The zero-order valence-electron chi connectivity index (χ0n) is 21.6. The zero-order valence-corrected chi connectivity index (χ0v) is 22.4. The Hall–Kier alpha value is -3.26. The molecular formula is C31H32ClFN2O4. The number of Topliss-reactive ketones (excluding diaryl/α,β-unsaturated/α-hetero) is 1. The molecular weight excluding hydrogens is 519 g/mol. The predicted octanol–water partition coefficient (Wildman–Crippen LogP) is 5.57. The van der Waals surface area contributed by atoms with Gasteiger partial charge in [0.2, 0.25) is 5.78 Å². The Morgan fingerprint density at radius 1 is 0.974 bits per heavy atom. The number of nitrogens with one attached hydrogen (secondary N) is 1. The lowest BCUT2D eigenvalue weighted by atomic mass is 9.96. The zero-order chi connectivity index (χ0) is 27.4. The highest BCUT2D eigenvalue weighted by molar-refractivity contribution is 6.42. The number of hydrogen-bond donors (Lipinski definition) is 2. The van der Waals surface area contributed by atoms with Gasteiger partial charge in [-0.25, -0.2) is 4.39 Å². The van der Waals surface area contributed by atoms with Crippen molar-refractivity contribution in [3.8, 4) is 16.9 Å². The van der Waals surface area contributed by atoms with Crippen molar-refractivity contribution >= 4 is 23.3 Å². The first kappa shape index (κ1) is 27.3. The molecule has 0 bridgehead atoms. The minimum absolute atomic E-state index is 0.177. The van der Waals surface area contributed by atoms with Crippen molar-refractivity contribution < 1.29 is 23.8 Å². The molecule has 204 valence electrons. The molecule has 6 nitrogen and oxygen atoms in total. The van der Waals surface area contributed by atoms with Crippen LogP contribution in [0.15, 0.2) is 66.7 Å². The van der Waals surface area contributed by atoms with Gasteiger partial charge in [0.15, 0.2) is 0 Å². The molecule has 5 rings (SSSR count). The number of rotatable bonds is 10. The van der Waals surface area contributed by atoms with E-state index >= 15 is 0 Å². The number of nitrogens with zero attached hydrogens (tertiary/aromatic N) is 1. The van der Waals surface area contributed by atoms with E-state index in [1.54, 1.807) is 54.6 Å². The Morgan fingerprint density at radius 2 is 1.62 bits per heavy atom. The molecule has 1 aliphatic carbocycles. The summed E-state index contributed by atoms with van der Waals surface area (Å²) in [7, 11) is 0. The molecule has 0 radical (unpaired) electrons. The number of ether oxygens (including phenoxy) is 1. The number of aliphatic hydroxyl groups is 1. The third kappa shape index (κ3) is 6.67. The van der Waals surface area contributed by atoms with Gasteiger partial charge in [0, 0.05) is 12.1 Å². The fourth-order valence-corrected chi connectivity index (χ4v) is 5.22. The summed E-state index contributed by atoms with van der Waals surface area (Å²) in [6, 6.07) is 17.1. The van der Waals surface area contributed by atoms with E-state index in [1.165, 1.54) is 12.1 Å². The normalized spacial score (nSPS) is 17.3. The van der Waals surface area contributed by atoms with Gasteiger partial charge in [0.1, 0.15) is 17.7 Å². The average Bonchev–Trinajstić information content (AvgIpc) is 3.44. The van der Waals surface area contributed by atoms with E-state index in [2.05, 4.69) is 10.2 Å². The predicted molar refractivity (Wildman–Crippen MR) is 148 cm³/mol. The van der Waals surface area contributed by atoms with E-state index in [9.17, 15) is 19.1 Å². The number of likely N-dealkylation sites (tertiary alicyclic amines) is 1. The summed E-state index contributed by atoms with van der Waals surface area (Å²) < 4.78 is 19.2. The molecule has 2 N–H and O–H groups in total. The van der Waals surface area contributed by atoms with Crippen molar-refractivity contribution in [3.05, 3.63) is 88.7 Å². The smallest absolute Gasteiger partial charge is 0.292 e. The van der Waals surface area contributed by atoms with Crippen molar-refractivity contribution in [2.75, 3.05) is 19.6 Å². The summed E-state index contributed by atoms with van der Waals surface area (Å²) in [6.07, 6.45) is 4.37. The van der Waals surface area contributed by atoms with E-state index in [1.807, 2.05) is 0 Å². The molecule has 1 saturated carbocycles. The molecule has 2 aliphatic rings. The number of hydrogen-bond acceptors (Lipinski definition) is 5. The molecule has 1 heterocycles. The highest BCUT2D eigenvalue weighted by Gasteiger charge is 2.30. The lowest BCUT2D eigenvalue weighted by Crippen LogP contribution is -2.48. The van der Waals surface area contributed by atoms with Crippen LogP contribution in [0.1, 0.15) is 54.1 Å². The summed E-state index contributed by atoms with van der Waals surface area (Å²) in [5.41, 5.74) is 2.38. The highest BCUT2D eigenvalue weighted by atomic mass is 35.5. The average molecular weight is 551 g/mol. The Morgan fingerprint density at radius 3 is 2.21 bits per heavy atom. The van der Waals surface area contributed by atoms with Crippen LogP contribution in [0.4, 0.5) is 4.39 Å². The molecule has 8 heteroatoms. The standard InChI is InChI=1S/C31H32ClFN2O4/c32-26-18-23(12-15-28(26)39-25-4-3-5-25)29(36)27(19-35-16-1-2-17-35)34-31(38)30(37)22-8-6-20(7-9-22)21-10-13-24(33)14-11-21/h6-15,18,25,27,29,36H,1-5,16-17,19H2,(H,34,38)/t27-,29-/m1/s1. The van der Waals surface area contributed by atoms with Gasteiger partial charge < -0.3 is 20.1 Å². The van der Waals surface area contributed by atoms with Gasteiger partial charge in [-0.1, -0.05) is 54.1 Å². The first-order chi connectivity index (χ1) is 18.9. The van der Waals surface area contributed by atoms with Crippen molar-refractivity contribution in [3.63, 3.8) is 0 Å². The molecule has 1 amide bonds. The summed E-state index contributed by atoms with van der Waals surface area (Å²) in [6.45, 7) is 2.14. The lowest BCUT2D eigenvalue weighted by molar-refractivity contribution is -0.118. The molecule has 3 aromatic rings. The molecule has 0 unspecified atom stereocenters. The van der Waals surface area contributed by atoms with Crippen molar-refractivity contribution in [1.29, 1.82) is 0 Å². The summed E-state index contributed by atoms with van der Waals surface area (Å²) in [4.78, 5) is 28.2. The van der Waals surface area contributed by atoms with E-state index in [0.717, 1.165) is 56.3 Å². The van der Waals surface area contributed by atoms with E-state index < -0.39 is 23.8 Å². The van der Waals surface area contributed by atoms with Gasteiger partial charge in [-0.05, 0) is 86.1 Å². The maximum Gasteiger partial charge on any atom is 0.292 e. The van der Waals surface area contributed by atoms with Crippen LogP contribution in [0.2, 0.25) is 5.02 Å². The third-order valence-corrected chi connectivity index (χ3v) is 7.82. The number of amides is 1. The van der Waals surface area contributed by atoms with Crippen LogP contribution >= 0.6 is 11.6 Å². The van der Waals surface area contributed by atoms with Gasteiger partial charge in [-0.2, -0.15) is 0 Å². The Bertz CT molecular complexity index is 1310. The number of benzene rings is 3. The largest absolute Gasteiger partial charge is 0.489 e. The van der Waals surface area contributed by atoms with Crippen molar-refractivity contribution in [1.82, 2.24) is 10.2 Å². The topological polar surface area (TPSA) is 78.9 Å². The molecule has 0 aromatic heterocycles. The molecule has 39 heavy (non-hydrogen) atoms. The van der Waals surface area contributed by atoms with Gasteiger partial charge in [-0.3, -0.25) is 9.59 Å². The fourth-order valence-electron chi connectivity index (χ4n) is 4.99. The van der Waals surface area contributed by atoms with Crippen LogP contribution in [0.25, 0.3) is 11.1 Å². The molecule has 0 spiro atoms. The number of carbonyl (C=O) groups is 2. The highest BCUT2D eigenvalue weighted by Crippen LogP contribution is 2.33. The molecule has 3 aromatic carbocycles. The second kappa shape index (κ2) is 12.3. The van der Waals surface area contributed by atoms with Crippen LogP contribution in [0, 0.1) is 5.82 Å². The first-order valence-electron chi connectivity index (χ1n) is 13.4. The van der Waals surface area contributed by atoms with Crippen LogP contribution < -0.4 is 10.1 Å². The fraction of sp³-hybridized carbons (Fsp3) is 0.355. The number of carbonyl (C=O) groups excluding carboxylic acids is 2. The maximum atomic E-state index is 13.2. The first-order valence-corrected chi connectivity index (χ1v) is 13.8. The van der Waals surface area contributed by atoms with E-state index in [-0.39, 0.29) is 17.5 Å². The van der Waals surface area contributed by atoms with Crippen molar-refractivity contribution in [2.24, 2.45) is 0 Å². The van der Waals surface area contributed by atoms with Gasteiger partial charge in [-0.15, -0.1) is 0 Å². The summed E-state index contributed by atoms with van der Waals surface area (Å²) in [5, 5.41) is 14.5. The Kier molecular flexibility index (Phi) is 8.60. The summed E-state index contributed by atoms with van der Waals surface area (Å²) >= 11 is 6.47. The second-order valence-electron chi connectivity index (χ2n) is 10.3. The summed E-state index contributed by atoms with van der Waals surface area (Å²) in [5.74, 6) is -1.23. The van der Waals surface area contributed by atoms with E-state index in [0.29, 0.717) is 22.9 Å². The van der Waals surface area contributed by atoms with Crippen molar-refractivity contribution in [2.45, 2.75) is 50.4 Å². The number of ketones is 1. The van der Waals surface area contributed by atoms with Crippen LogP contribution in [0.5, 0.6) is 5.75 Å². The second-order valence-corrected chi connectivity index (χ2v) is 10.7. The Labute approximate surface area is 232 Å². The lowest BCUT2D eigenvalue weighted by Gasteiger charge is -2.29. The van der Waals surface area contributed by atoms with Gasteiger partial charge in [0.05, 0.1) is 17.2 Å². The molecule has 1 saturated heterocycles. The minimum Gasteiger partial charge on any atom is -0.489 e. The number of halogens is 2. The molecule has 2 atom stereocenters. The molecule has 1 aliphatic heterocycles. The minimum atomic E-state index is -1.07. The monoisotopic (exact) mass is 550 g/mol. The van der Waals surface area contributed by atoms with Crippen LogP contribution in [-0.4, -0.2) is 53.5 Å². The maximum absolute atomic E-state index is 13.2. The molecule has 2 fully saturated rings. The SMILES string of the molecule is O=C(N[C@H](CN1CCCC1)[C@H](O)c1ccc(OC2CCC2)c(Cl)c1)C(=O)c1ccc(-c2ccc(F)cc2)cc1. The van der Waals surface area contributed by atoms with Crippen LogP contribution in [-0.2, 0) is 4.79 Å². The van der Waals surface area contributed by atoms with Gasteiger partial charge in [0.25, 0.3) is 5.91 Å².